The van der Waals surface area contributed by atoms with Crippen LogP contribution in [0.25, 0.3) is 11.0 Å². The average molecular weight is 255 g/mol. The molecule has 0 unspecified atom stereocenters. The second kappa shape index (κ2) is 4.62. The van der Waals surface area contributed by atoms with Crippen molar-refractivity contribution in [3.8, 4) is 0 Å². The molecule has 0 spiro atoms. The third-order valence-corrected chi connectivity index (χ3v) is 3.41. The fraction of sp³-hybridized carbons (Fsp3) is 0. The van der Waals surface area contributed by atoms with Crippen molar-refractivity contribution in [2.75, 3.05) is 0 Å². The predicted octanol–water partition coefficient (Wildman–Crippen LogP) is 2.92. The molecule has 0 fully saturated rings. The minimum absolute atomic E-state index is 0.572. The van der Waals surface area contributed by atoms with Gasteiger partial charge in [0.2, 0.25) is 0 Å². The molecule has 0 aliphatic carbocycles. The number of fused-ring (bicyclic) bond motifs is 1. The van der Waals surface area contributed by atoms with E-state index in [1.807, 2.05) is 24.3 Å². The Morgan fingerprint density at radius 2 is 2.06 bits per heavy atom. The normalized spacial score (nSPS) is 10.7. The van der Waals surface area contributed by atoms with Crippen LogP contribution in [0.3, 0.4) is 0 Å². The maximum Gasteiger partial charge on any atom is 0.172 e. The van der Waals surface area contributed by atoms with Crippen molar-refractivity contribution in [3.05, 3.63) is 48.2 Å². The average Bonchev–Trinajstić information content (AvgIpc) is 2.81. The molecule has 0 aliphatic rings. The summed E-state index contributed by atoms with van der Waals surface area (Å²) < 4.78 is 0. The molecule has 0 bridgehead atoms. The Hall–Kier alpha value is -2.14. The zero-order chi connectivity index (χ0) is 12.4. The Morgan fingerprint density at radius 1 is 1.17 bits per heavy atom. The summed E-state index contributed by atoms with van der Waals surface area (Å²) in [6.45, 7) is 0. The van der Waals surface area contributed by atoms with E-state index in [1.165, 1.54) is 11.8 Å². The van der Waals surface area contributed by atoms with Gasteiger partial charge >= 0.3 is 0 Å². The van der Waals surface area contributed by atoms with Crippen LogP contribution in [0, 0.1) is 0 Å². The number of carbonyl (C=O) groups excluding carboxylic acids is 1. The molecular weight excluding hydrogens is 246 g/mol. The lowest BCUT2D eigenvalue weighted by Gasteiger charge is -1.99. The SMILES string of the molecule is O=Cc1cccnc1Sc1nc2ccccc2[nH]1. The van der Waals surface area contributed by atoms with Crippen LogP contribution in [0.2, 0.25) is 0 Å². The van der Waals surface area contributed by atoms with Crippen molar-refractivity contribution in [1.82, 2.24) is 15.0 Å². The van der Waals surface area contributed by atoms with Crippen LogP contribution in [0.4, 0.5) is 0 Å². The van der Waals surface area contributed by atoms with E-state index in [0.717, 1.165) is 22.5 Å². The highest BCUT2D eigenvalue weighted by molar-refractivity contribution is 7.99. The summed E-state index contributed by atoms with van der Waals surface area (Å²) >= 11 is 1.36. The number of hydrogen-bond donors (Lipinski definition) is 1. The van der Waals surface area contributed by atoms with Crippen LogP contribution >= 0.6 is 11.8 Å². The monoisotopic (exact) mass is 255 g/mol. The number of aldehydes is 1. The number of para-hydroxylation sites is 2. The van der Waals surface area contributed by atoms with Gasteiger partial charge in [0.25, 0.3) is 0 Å². The molecule has 5 heteroatoms. The van der Waals surface area contributed by atoms with Crippen molar-refractivity contribution < 1.29 is 4.79 Å². The molecule has 0 radical (unpaired) electrons. The number of nitrogens with zero attached hydrogens (tertiary/aromatic N) is 2. The topological polar surface area (TPSA) is 58.6 Å². The van der Waals surface area contributed by atoms with Crippen LogP contribution in [-0.4, -0.2) is 21.2 Å². The molecule has 18 heavy (non-hydrogen) atoms. The number of aromatic nitrogens is 3. The number of rotatable bonds is 3. The van der Waals surface area contributed by atoms with Crippen LogP contribution in [-0.2, 0) is 0 Å². The molecule has 88 valence electrons. The number of pyridine rings is 1. The molecule has 3 rings (SSSR count). The van der Waals surface area contributed by atoms with Gasteiger partial charge in [-0.15, -0.1) is 0 Å². The van der Waals surface area contributed by atoms with Crippen molar-refractivity contribution >= 4 is 29.1 Å². The Morgan fingerprint density at radius 3 is 2.89 bits per heavy atom. The maximum atomic E-state index is 10.9. The number of H-pyrrole nitrogens is 1. The number of benzene rings is 1. The lowest BCUT2D eigenvalue weighted by atomic mass is 10.3. The first-order valence-electron chi connectivity index (χ1n) is 5.39. The van der Waals surface area contributed by atoms with Gasteiger partial charge in [-0.25, -0.2) is 9.97 Å². The Bertz CT molecular complexity index is 675. The molecule has 2 aromatic heterocycles. The zero-order valence-corrected chi connectivity index (χ0v) is 10.1. The first-order chi connectivity index (χ1) is 8.86. The summed E-state index contributed by atoms with van der Waals surface area (Å²) in [5, 5.41) is 1.39. The molecule has 0 atom stereocenters. The molecule has 0 aliphatic heterocycles. The van der Waals surface area contributed by atoms with Crippen LogP contribution in [0.1, 0.15) is 10.4 Å². The molecule has 3 aromatic rings. The minimum atomic E-state index is 0.572. The summed E-state index contributed by atoms with van der Waals surface area (Å²) in [5.41, 5.74) is 2.45. The highest BCUT2D eigenvalue weighted by Gasteiger charge is 2.08. The largest absolute Gasteiger partial charge is 0.333 e. The Kier molecular flexibility index (Phi) is 2.82. The van der Waals surface area contributed by atoms with Gasteiger partial charge in [0, 0.05) is 11.8 Å². The molecule has 1 aromatic carbocycles. The van der Waals surface area contributed by atoms with Gasteiger partial charge in [-0.2, -0.15) is 0 Å². The Balaban J connectivity index is 1.98. The van der Waals surface area contributed by atoms with E-state index in [0.29, 0.717) is 10.6 Å². The smallest absolute Gasteiger partial charge is 0.172 e. The molecule has 1 N–H and O–H groups in total. The molecular formula is C13H9N3OS. The van der Waals surface area contributed by atoms with Gasteiger partial charge in [-0.1, -0.05) is 12.1 Å². The third-order valence-electron chi connectivity index (χ3n) is 2.49. The van der Waals surface area contributed by atoms with E-state index >= 15 is 0 Å². The second-order valence-corrected chi connectivity index (χ2v) is 4.65. The van der Waals surface area contributed by atoms with E-state index in [1.54, 1.807) is 18.3 Å². The van der Waals surface area contributed by atoms with Gasteiger partial charge in [0.05, 0.1) is 11.0 Å². The number of imidazole rings is 1. The third kappa shape index (κ3) is 2.00. The highest BCUT2D eigenvalue weighted by atomic mass is 32.2. The van der Waals surface area contributed by atoms with E-state index in [4.69, 9.17) is 0 Å². The standard InChI is InChI=1S/C13H9N3OS/c17-8-9-4-3-7-14-12(9)18-13-15-10-5-1-2-6-11(10)16-13/h1-8H,(H,15,16). The van der Waals surface area contributed by atoms with Gasteiger partial charge in [0.1, 0.15) is 5.03 Å². The van der Waals surface area contributed by atoms with Crippen molar-refractivity contribution in [1.29, 1.82) is 0 Å². The van der Waals surface area contributed by atoms with E-state index in [-0.39, 0.29) is 0 Å². The Labute approximate surface area is 107 Å². The van der Waals surface area contributed by atoms with Gasteiger partial charge in [0.15, 0.2) is 11.4 Å². The van der Waals surface area contributed by atoms with Crippen LogP contribution in [0.5, 0.6) is 0 Å². The van der Waals surface area contributed by atoms with E-state index < -0.39 is 0 Å². The fourth-order valence-electron chi connectivity index (χ4n) is 1.65. The number of carbonyl (C=O) groups is 1. The first-order valence-corrected chi connectivity index (χ1v) is 6.21. The quantitative estimate of drug-likeness (QED) is 0.731. The van der Waals surface area contributed by atoms with Gasteiger partial charge in [-0.05, 0) is 36.0 Å². The number of nitrogens with one attached hydrogen (secondary N) is 1. The predicted molar refractivity (Wildman–Crippen MR) is 69.8 cm³/mol. The molecule has 4 nitrogen and oxygen atoms in total. The van der Waals surface area contributed by atoms with Crippen LogP contribution in [0.15, 0.2) is 52.8 Å². The number of hydrogen-bond acceptors (Lipinski definition) is 4. The maximum absolute atomic E-state index is 10.9. The molecule has 0 saturated carbocycles. The minimum Gasteiger partial charge on any atom is -0.333 e. The van der Waals surface area contributed by atoms with Crippen molar-refractivity contribution in [3.63, 3.8) is 0 Å². The zero-order valence-electron chi connectivity index (χ0n) is 9.33. The lowest BCUT2D eigenvalue weighted by Crippen LogP contribution is -1.88. The van der Waals surface area contributed by atoms with E-state index in [2.05, 4.69) is 15.0 Å². The van der Waals surface area contributed by atoms with Crippen molar-refractivity contribution in [2.24, 2.45) is 0 Å². The lowest BCUT2D eigenvalue weighted by molar-refractivity contribution is 0.112. The van der Waals surface area contributed by atoms with Crippen LogP contribution < -0.4 is 0 Å². The summed E-state index contributed by atoms with van der Waals surface area (Å²) in [6.07, 6.45) is 2.47. The second-order valence-electron chi connectivity index (χ2n) is 3.68. The summed E-state index contributed by atoms with van der Waals surface area (Å²) in [5.74, 6) is 0. The summed E-state index contributed by atoms with van der Waals surface area (Å²) in [7, 11) is 0. The van der Waals surface area contributed by atoms with Gasteiger partial charge < -0.3 is 4.98 Å². The first kappa shape index (κ1) is 11.0. The van der Waals surface area contributed by atoms with Gasteiger partial charge in [-0.3, -0.25) is 4.79 Å². The molecule has 0 saturated heterocycles. The van der Waals surface area contributed by atoms with Crippen molar-refractivity contribution in [2.45, 2.75) is 10.2 Å². The summed E-state index contributed by atoms with van der Waals surface area (Å²) in [4.78, 5) is 22.7. The molecule has 2 heterocycles. The molecule has 0 amide bonds. The highest BCUT2D eigenvalue weighted by Crippen LogP contribution is 2.27. The summed E-state index contributed by atoms with van der Waals surface area (Å²) in [6, 6.07) is 11.3. The number of aromatic amines is 1. The fourth-order valence-corrected chi connectivity index (χ4v) is 2.48. The van der Waals surface area contributed by atoms with E-state index in [9.17, 15) is 4.79 Å².